The number of anilines is 1. The number of fused-ring (bicyclic) bond motifs is 3. The number of ether oxygens (including phenoxy) is 1. The molecule has 38 heavy (non-hydrogen) atoms. The highest BCUT2D eigenvalue weighted by Crippen LogP contribution is 2.36. The van der Waals surface area contributed by atoms with E-state index in [9.17, 15) is 19.2 Å². The number of urea groups is 1. The van der Waals surface area contributed by atoms with Gasteiger partial charge in [-0.15, -0.1) is 0 Å². The molecule has 0 saturated carbocycles. The molecular weight excluding hydrogens is 518 g/mol. The van der Waals surface area contributed by atoms with Crippen LogP contribution < -0.4 is 10.2 Å². The standard InChI is InChI=1S/C22H28ClN5O3.C3H4O4/c1-13-10-26(14(2)9-24-13)21(30)27-11-18-19(20(29)31-22(3,4)5)25-12-28(18)16-7-6-15(23)8-17(16)27;4-2(5)1-3(6)7/h6-8,12-14,24H,9-11H2,1-5H3;1H2,(H,4,5)(H,6,7). The van der Waals surface area contributed by atoms with Gasteiger partial charge in [-0.05, 0) is 52.8 Å². The Morgan fingerprint density at radius 3 is 2.37 bits per heavy atom. The van der Waals surface area contributed by atoms with E-state index in [-0.39, 0.29) is 30.4 Å². The van der Waals surface area contributed by atoms with Gasteiger partial charge in [0.2, 0.25) is 0 Å². The Balaban J connectivity index is 0.000000505. The first kappa shape index (κ1) is 28.9. The van der Waals surface area contributed by atoms with Gasteiger partial charge in [0, 0.05) is 30.2 Å². The number of carbonyl (C=O) groups is 4. The second-order valence-electron chi connectivity index (χ2n) is 10.2. The predicted molar refractivity (Wildman–Crippen MR) is 139 cm³/mol. The molecule has 0 aliphatic carbocycles. The van der Waals surface area contributed by atoms with Gasteiger partial charge in [-0.25, -0.2) is 14.6 Å². The lowest BCUT2D eigenvalue weighted by Crippen LogP contribution is -2.59. The van der Waals surface area contributed by atoms with Crippen LogP contribution in [0.3, 0.4) is 0 Å². The number of rotatable bonds is 3. The molecule has 3 heterocycles. The summed E-state index contributed by atoms with van der Waals surface area (Å²) >= 11 is 6.28. The molecular formula is C25H32ClN5O7. The van der Waals surface area contributed by atoms with Crippen LogP contribution in [0.1, 0.15) is 57.2 Å². The quantitative estimate of drug-likeness (QED) is 0.387. The van der Waals surface area contributed by atoms with Crippen molar-refractivity contribution in [3.05, 3.63) is 40.9 Å². The van der Waals surface area contributed by atoms with Gasteiger partial charge < -0.3 is 25.2 Å². The molecule has 0 radical (unpaired) electrons. The third-order valence-electron chi connectivity index (χ3n) is 5.80. The molecule has 0 bridgehead atoms. The summed E-state index contributed by atoms with van der Waals surface area (Å²) in [5.41, 5.74) is 1.63. The van der Waals surface area contributed by atoms with Gasteiger partial charge in [-0.2, -0.15) is 0 Å². The van der Waals surface area contributed by atoms with Gasteiger partial charge in [0.05, 0.1) is 23.6 Å². The van der Waals surface area contributed by atoms with Gasteiger partial charge in [0.1, 0.15) is 18.3 Å². The van der Waals surface area contributed by atoms with Crippen LogP contribution >= 0.6 is 11.6 Å². The van der Waals surface area contributed by atoms with Gasteiger partial charge in [0.15, 0.2) is 5.69 Å². The third-order valence-corrected chi connectivity index (χ3v) is 6.03. The van der Waals surface area contributed by atoms with Crippen LogP contribution in [0.2, 0.25) is 5.02 Å². The average molecular weight is 550 g/mol. The zero-order valence-electron chi connectivity index (χ0n) is 21.9. The van der Waals surface area contributed by atoms with Gasteiger partial charge in [0.25, 0.3) is 0 Å². The molecule has 13 heteroatoms. The largest absolute Gasteiger partial charge is 0.481 e. The van der Waals surface area contributed by atoms with E-state index >= 15 is 0 Å². The van der Waals surface area contributed by atoms with Crippen LogP contribution in [-0.4, -0.2) is 79.4 Å². The maximum absolute atomic E-state index is 13.7. The minimum Gasteiger partial charge on any atom is -0.481 e. The molecule has 1 aromatic heterocycles. The van der Waals surface area contributed by atoms with Crippen molar-refractivity contribution in [2.45, 2.75) is 65.3 Å². The van der Waals surface area contributed by atoms with E-state index in [0.717, 1.165) is 12.2 Å². The number of nitrogens with zero attached hydrogens (tertiary/aromatic N) is 4. The number of hydrogen-bond acceptors (Lipinski definition) is 7. The van der Waals surface area contributed by atoms with Crippen molar-refractivity contribution >= 4 is 41.2 Å². The van der Waals surface area contributed by atoms with E-state index in [1.807, 2.05) is 43.2 Å². The number of piperazine rings is 1. The van der Waals surface area contributed by atoms with Crippen LogP contribution in [0.4, 0.5) is 10.5 Å². The molecule has 2 aliphatic heterocycles. The summed E-state index contributed by atoms with van der Waals surface area (Å²) in [4.78, 5) is 53.2. The van der Waals surface area contributed by atoms with Gasteiger partial charge >= 0.3 is 23.9 Å². The predicted octanol–water partition coefficient (Wildman–Crippen LogP) is 3.15. The van der Waals surface area contributed by atoms with Crippen molar-refractivity contribution in [3.8, 4) is 5.69 Å². The number of carboxylic acid groups (broad SMARTS) is 2. The van der Waals surface area contributed by atoms with Crippen molar-refractivity contribution < 1.29 is 34.1 Å². The maximum atomic E-state index is 13.7. The van der Waals surface area contributed by atoms with Crippen molar-refractivity contribution in [3.63, 3.8) is 0 Å². The molecule has 0 spiro atoms. The Morgan fingerprint density at radius 2 is 1.79 bits per heavy atom. The van der Waals surface area contributed by atoms with Crippen LogP contribution in [0.25, 0.3) is 5.69 Å². The van der Waals surface area contributed by atoms with E-state index < -0.39 is 29.9 Å². The number of amides is 2. The Labute approximate surface area is 225 Å². The number of carbonyl (C=O) groups excluding carboxylic acids is 2. The Kier molecular flexibility index (Phi) is 8.68. The summed E-state index contributed by atoms with van der Waals surface area (Å²) in [6, 6.07) is 5.51. The lowest BCUT2D eigenvalue weighted by Gasteiger charge is -2.41. The van der Waals surface area contributed by atoms with Gasteiger partial charge in [-0.1, -0.05) is 11.6 Å². The molecule has 2 amide bonds. The first-order valence-corrected chi connectivity index (χ1v) is 12.4. The summed E-state index contributed by atoms with van der Waals surface area (Å²) < 4.78 is 7.37. The number of carboxylic acids is 2. The Bertz CT molecular complexity index is 1230. The molecule has 2 atom stereocenters. The van der Waals surface area contributed by atoms with Crippen LogP contribution in [0, 0.1) is 0 Å². The van der Waals surface area contributed by atoms with Gasteiger partial charge in [-0.3, -0.25) is 19.1 Å². The molecule has 2 aromatic rings. The Hall–Kier alpha value is -3.64. The Morgan fingerprint density at radius 1 is 1.13 bits per heavy atom. The summed E-state index contributed by atoms with van der Waals surface area (Å²) in [6.45, 7) is 11.0. The minimum absolute atomic E-state index is 0.0449. The summed E-state index contributed by atoms with van der Waals surface area (Å²) in [6.07, 6.45) is 0.790. The number of halogens is 1. The molecule has 1 aromatic carbocycles. The number of esters is 1. The highest BCUT2D eigenvalue weighted by atomic mass is 35.5. The molecule has 4 rings (SSSR count). The normalized spacial score (nSPS) is 18.5. The molecule has 3 N–H and O–H groups in total. The SMILES string of the molecule is CC1CN(C(=O)N2Cc3c(C(=O)OC(C)(C)C)ncn3-c3ccc(Cl)cc32)C(C)CN1.O=C(O)CC(=O)O. The molecule has 2 aliphatic rings. The fraction of sp³-hybridized carbons (Fsp3) is 0.480. The van der Waals surface area contributed by atoms with Crippen molar-refractivity contribution in [2.75, 3.05) is 18.0 Å². The highest BCUT2D eigenvalue weighted by molar-refractivity contribution is 6.31. The zero-order valence-corrected chi connectivity index (χ0v) is 22.7. The first-order valence-electron chi connectivity index (χ1n) is 12.0. The minimum atomic E-state index is -1.31. The van der Waals surface area contributed by atoms with Crippen molar-refractivity contribution in [1.82, 2.24) is 19.8 Å². The van der Waals surface area contributed by atoms with Crippen LogP contribution in [0.5, 0.6) is 0 Å². The number of imidazole rings is 1. The molecule has 2 unspecified atom stereocenters. The summed E-state index contributed by atoms with van der Waals surface area (Å²) in [5.74, 6) is -3.13. The van der Waals surface area contributed by atoms with Crippen LogP contribution in [0.15, 0.2) is 24.5 Å². The number of nitrogens with one attached hydrogen (secondary N) is 1. The zero-order chi connectivity index (χ0) is 28.4. The second-order valence-corrected chi connectivity index (χ2v) is 10.6. The molecule has 206 valence electrons. The molecule has 1 saturated heterocycles. The number of aliphatic carboxylic acids is 2. The van der Waals surface area contributed by atoms with E-state index in [1.165, 1.54) is 0 Å². The maximum Gasteiger partial charge on any atom is 0.359 e. The van der Waals surface area contributed by atoms with E-state index in [1.54, 1.807) is 23.4 Å². The smallest absolute Gasteiger partial charge is 0.359 e. The van der Waals surface area contributed by atoms with E-state index in [0.29, 0.717) is 22.9 Å². The van der Waals surface area contributed by atoms with Crippen molar-refractivity contribution in [1.29, 1.82) is 0 Å². The lowest BCUT2D eigenvalue weighted by atomic mass is 10.1. The van der Waals surface area contributed by atoms with Crippen LogP contribution in [-0.2, 0) is 20.9 Å². The highest BCUT2D eigenvalue weighted by Gasteiger charge is 2.37. The summed E-state index contributed by atoms with van der Waals surface area (Å²) in [7, 11) is 0. The van der Waals surface area contributed by atoms with E-state index in [2.05, 4.69) is 17.2 Å². The third kappa shape index (κ3) is 6.81. The first-order chi connectivity index (χ1) is 17.7. The number of aromatic nitrogens is 2. The lowest BCUT2D eigenvalue weighted by molar-refractivity contribution is -0.147. The molecule has 1 fully saturated rings. The monoisotopic (exact) mass is 549 g/mol. The number of hydrogen-bond donors (Lipinski definition) is 3. The fourth-order valence-corrected chi connectivity index (χ4v) is 4.29. The van der Waals surface area contributed by atoms with Crippen molar-refractivity contribution in [2.24, 2.45) is 0 Å². The number of benzene rings is 1. The average Bonchev–Trinajstić information content (AvgIpc) is 3.22. The topological polar surface area (TPSA) is 154 Å². The summed E-state index contributed by atoms with van der Waals surface area (Å²) in [5, 5.41) is 19.3. The molecule has 12 nitrogen and oxygen atoms in total. The van der Waals surface area contributed by atoms with E-state index in [4.69, 9.17) is 26.6 Å². The fourth-order valence-electron chi connectivity index (χ4n) is 4.12. The second kappa shape index (κ2) is 11.4.